The summed E-state index contributed by atoms with van der Waals surface area (Å²) in [6.45, 7) is 5.17. The van der Waals surface area contributed by atoms with Crippen LogP contribution in [0.3, 0.4) is 0 Å². The van der Waals surface area contributed by atoms with Crippen molar-refractivity contribution in [3.8, 4) is 0 Å². The first kappa shape index (κ1) is 15.0. The summed E-state index contributed by atoms with van der Waals surface area (Å²) in [7, 11) is 1.80. The van der Waals surface area contributed by atoms with Crippen LogP contribution in [-0.2, 0) is 16.0 Å². The maximum absolute atomic E-state index is 6.21. The van der Waals surface area contributed by atoms with Gasteiger partial charge in [-0.1, -0.05) is 30.3 Å². The molecule has 1 unspecified atom stereocenters. The van der Waals surface area contributed by atoms with E-state index in [1.807, 2.05) is 0 Å². The zero-order valence-electron chi connectivity index (χ0n) is 13.1. The third-order valence-corrected chi connectivity index (χ3v) is 5.22. The lowest BCUT2D eigenvalue weighted by molar-refractivity contribution is -0.0721. The normalized spacial score (nSPS) is 25.5. The van der Waals surface area contributed by atoms with Gasteiger partial charge in [0.15, 0.2) is 0 Å². The molecule has 2 aliphatic rings. The molecular weight excluding hydrogens is 262 g/mol. The second-order valence-electron chi connectivity index (χ2n) is 6.44. The molecule has 3 heteroatoms. The smallest absolute Gasteiger partial charge is 0.0736 e. The largest absolute Gasteiger partial charge is 0.385 e. The predicted molar refractivity (Wildman–Crippen MR) is 84.2 cm³/mol. The van der Waals surface area contributed by atoms with Crippen LogP contribution < -0.4 is 0 Å². The van der Waals surface area contributed by atoms with E-state index in [-0.39, 0.29) is 5.60 Å². The molecule has 0 bridgehead atoms. The zero-order chi connectivity index (χ0) is 14.5. The Hall–Kier alpha value is -0.900. The van der Waals surface area contributed by atoms with E-state index in [4.69, 9.17) is 9.47 Å². The van der Waals surface area contributed by atoms with E-state index < -0.39 is 0 Å². The van der Waals surface area contributed by atoms with Crippen molar-refractivity contribution in [2.75, 3.05) is 33.4 Å². The Labute approximate surface area is 128 Å². The fourth-order valence-electron chi connectivity index (χ4n) is 3.94. The van der Waals surface area contributed by atoms with Crippen LogP contribution in [0.1, 0.15) is 31.2 Å². The van der Waals surface area contributed by atoms with Gasteiger partial charge in [0.05, 0.1) is 5.60 Å². The molecule has 1 aromatic carbocycles. The van der Waals surface area contributed by atoms with Crippen molar-refractivity contribution in [3.05, 3.63) is 35.9 Å². The lowest BCUT2D eigenvalue weighted by Gasteiger charge is -2.42. The molecule has 1 spiro atoms. The van der Waals surface area contributed by atoms with E-state index in [0.29, 0.717) is 5.92 Å². The van der Waals surface area contributed by atoms with Crippen LogP contribution in [0.5, 0.6) is 0 Å². The molecule has 0 aliphatic carbocycles. The molecule has 2 fully saturated rings. The number of rotatable bonds is 5. The monoisotopic (exact) mass is 289 g/mol. The molecule has 2 heterocycles. The highest BCUT2D eigenvalue weighted by atomic mass is 16.5. The first-order chi connectivity index (χ1) is 10.3. The first-order valence-corrected chi connectivity index (χ1v) is 8.21. The van der Waals surface area contributed by atoms with Crippen LogP contribution in [-0.4, -0.2) is 43.9 Å². The van der Waals surface area contributed by atoms with Crippen molar-refractivity contribution in [2.24, 2.45) is 5.92 Å². The van der Waals surface area contributed by atoms with Gasteiger partial charge >= 0.3 is 0 Å². The van der Waals surface area contributed by atoms with Gasteiger partial charge in [0.1, 0.15) is 0 Å². The average molecular weight is 289 g/mol. The molecule has 0 aromatic heterocycles. The summed E-state index contributed by atoms with van der Waals surface area (Å²) in [5.41, 5.74) is 1.56. The van der Waals surface area contributed by atoms with E-state index >= 15 is 0 Å². The summed E-state index contributed by atoms with van der Waals surface area (Å²) in [5.74, 6) is 0.691. The van der Waals surface area contributed by atoms with Crippen LogP contribution >= 0.6 is 0 Å². The second kappa shape index (κ2) is 6.91. The summed E-state index contributed by atoms with van der Waals surface area (Å²) in [5, 5.41) is 0. The SMILES string of the molecule is COCCC1CCOC12CCN(Cc1ccccc1)CC2. The minimum atomic E-state index is 0.145. The molecule has 2 aliphatic heterocycles. The Morgan fingerprint density at radius 1 is 1.24 bits per heavy atom. The Balaban J connectivity index is 1.54. The van der Waals surface area contributed by atoms with Gasteiger partial charge in [0.25, 0.3) is 0 Å². The van der Waals surface area contributed by atoms with Crippen molar-refractivity contribution in [3.63, 3.8) is 0 Å². The minimum absolute atomic E-state index is 0.145. The number of methoxy groups -OCH3 is 1. The van der Waals surface area contributed by atoms with E-state index in [1.54, 1.807) is 7.11 Å². The molecule has 1 aromatic rings. The van der Waals surface area contributed by atoms with Crippen LogP contribution in [0, 0.1) is 5.92 Å². The lowest BCUT2D eigenvalue weighted by Crippen LogP contribution is -2.47. The van der Waals surface area contributed by atoms with Crippen LogP contribution in [0.4, 0.5) is 0 Å². The Bertz CT molecular complexity index is 426. The maximum atomic E-state index is 6.21. The van der Waals surface area contributed by atoms with Gasteiger partial charge in [-0.05, 0) is 37.2 Å². The number of benzene rings is 1. The molecule has 21 heavy (non-hydrogen) atoms. The molecule has 2 saturated heterocycles. The maximum Gasteiger partial charge on any atom is 0.0736 e. The van der Waals surface area contributed by atoms with Crippen LogP contribution in [0.2, 0.25) is 0 Å². The predicted octanol–water partition coefficient (Wildman–Crippen LogP) is 3.09. The summed E-state index contributed by atoms with van der Waals surface area (Å²) < 4.78 is 11.5. The van der Waals surface area contributed by atoms with Crippen molar-refractivity contribution >= 4 is 0 Å². The molecular formula is C18H27NO2. The number of ether oxygens (including phenoxy) is 2. The zero-order valence-corrected chi connectivity index (χ0v) is 13.1. The van der Waals surface area contributed by atoms with Gasteiger partial charge in [-0.2, -0.15) is 0 Å². The van der Waals surface area contributed by atoms with E-state index in [0.717, 1.165) is 39.3 Å². The summed E-state index contributed by atoms with van der Waals surface area (Å²) in [4.78, 5) is 2.57. The average Bonchev–Trinajstić information content (AvgIpc) is 2.91. The number of nitrogens with zero attached hydrogens (tertiary/aromatic N) is 1. The second-order valence-corrected chi connectivity index (χ2v) is 6.44. The number of likely N-dealkylation sites (tertiary alicyclic amines) is 1. The summed E-state index contributed by atoms with van der Waals surface area (Å²) in [6.07, 6.45) is 4.71. The Morgan fingerprint density at radius 2 is 2.00 bits per heavy atom. The van der Waals surface area contributed by atoms with Crippen LogP contribution in [0.15, 0.2) is 30.3 Å². The molecule has 116 valence electrons. The van der Waals surface area contributed by atoms with Crippen molar-refractivity contribution in [1.82, 2.24) is 4.90 Å². The van der Waals surface area contributed by atoms with Crippen LogP contribution in [0.25, 0.3) is 0 Å². The van der Waals surface area contributed by atoms with Crippen molar-refractivity contribution < 1.29 is 9.47 Å². The van der Waals surface area contributed by atoms with E-state index in [2.05, 4.69) is 35.2 Å². The fourth-order valence-corrected chi connectivity index (χ4v) is 3.94. The van der Waals surface area contributed by atoms with Crippen molar-refractivity contribution in [1.29, 1.82) is 0 Å². The Kier molecular flexibility index (Phi) is 4.94. The summed E-state index contributed by atoms with van der Waals surface area (Å²) in [6, 6.07) is 10.8. The highest BCUT2D eigenvalue weighted by molar-refractivity contribution is 5.14. The van der Waals surface area contributed by atoms with Gasteiger partial charge in [-0.3, -0.25) is 4.90 Å². The lowest BCUT2D eigenvalue weighted by atomic mass is 9.78. The topological polar surface area (TPSA) is 21.7 Å². The molecule has 3 nitrogen and oxygen atoms in total. The quantitative estimate of drug-likeness (QED) is 0.831. The third kappa shape index (κ3) is 3.47. The molecule has 0 amide bonds. The Morgan fingerprint density at radius 3 is 2.71 bits per heavy atom. The van der Waals surface area contributed by atoms with E-state index in [9.17, 15) is 0 Å². The van der Waals surface area contributed by atoms with Gasteiger partial charge in [-0.25, -0.2) is 0 Å². The number of hydrogen-bond donors (Lipinski definition) is 0. The number of hydrogen-bond acceptors (Lipinski definition) is 3. The standard InChI is InChI=1S/C18H27NO2/c1-20-13-7-17-8-14-21-18(17)9-11-19(12-10-18)15-16-5-3-2-4-6-16/h2-6,17H,7-15H2,1H3. The minimum Gasteiger partial charge on any atom is -0.385 e. The third-order valence-electron chi connectivity index (χ3n) is 5.22. The first-order valence-electron chi connectivity index (χ1n) is 8.21. The highest BCUT2D eigenvalue weighted by Crippen LogP contribution is 2.42. The highest BCUT2D eigenvalue weighted by Gasteiger charge is 2.45. The van der Waals surface area contributed by atoms with E-state index in [1.165, 1.54) is 24.8 Å². The van der Waals surface area contributed by atoms with Gasteiger partial charge in [0, 0.05) is 40.0 Å². The number of piperidine rings is 1. The molecule has 3 rings (SSSR count). The molecule has 1 atom stereocenters. The molecule has 0 N–H and O–H groups in total. The van der Waals surface area contributed by atoms with Gasteiger partial charge in [-0.15, -0.1) is 0 Å². The summed E-state index contributed by atoms with van der Waals surface area (Å²) >= 11 is 0. The van der Waals surface area contributed by atoms with Gasteiger partial charge in [0.2, 0.25) is 0 Å². The van der Waals surface area contributed by atoms with Crippen molar-refractivity contribution in [2.45, 2.75) is 37.8 Å². The molecule has 0 radical (unpaired) electrons. The fraction of sp³-hybridized carbons (Fsp3) is 0.667. The van der Waals surface area contributed by atoms with Gasteiger partial charge < -0.3 is 9.47 Å². The molecule has 0 saturated carbocycles.